The van der Waals surface area contributed by atoms with Gasteiger partial charge in [-0.3, -0.25) is 19.9 Å². The number of hydrogen-bond donors (Lipinski definition) is 2. The number of carbonyl (C=O) groups is 1. The third-order valence-electron chi connectivity index (χ3n) is 2.71. The van der Waals surface area contributed by atoms with Gasteiger partial charge in [-0.15, -0.1) is 0 Å². The number of para-hydroxylation sites is 1. The molecule has 0 fully saturated rings. The van der Waals surface area contributed by atoms with Gasteiger partial charge < -0.3 is 10.4 Å². The summed E-state index contributed by atoms with van der Waals surface area (Å²) >= 11 is 0. The number of phenols is 1. The molecule has 0 aliphatic heterocycles. The molecule has 0 bridgehead atoms. The molecule has 2 aromatic rings. The monoisotopic (exact) mass is 273 g/mol. The van der Waals surface area contributed by atoms with Gasteiger partial charge in [-0.25, -0.2) is 0 Å². The number of hydrogen-bond acceptors (Lipinski definition) is 5. The van der Waals surface area contributed by atoms with Crippen molar-refractivity contribution in [2.75, 3.05) is 5.32 Å². The Balaban J connectivity index is 2.38. The van der Waals surface area contributed by atoms with Gasteiger partial charge in [0.25, 0.3) is 11.6 Å². The first-order valence-electron chi connectivity index (χ1n) is 5.70. The van der Waals surface area contributed by atoms with Crippen molar-refractivity contribution in [3.8, 4) is 5.75 Å². The molecule has 1 aromatic heterocycles. The molecule has 102 valence electrons. The molecule has 0 aliphatic rings. The average molecular weight is 273 g/mol. The summed E-state index contributed by atoms with van der Waals surface area (Å²) in [6.07, 6.45) is 1.54. The number of rotatable bonds is 3. The second kappa shape index (κ2) is 5.35. The van der Waals surface area contributed by atoms with Gasteiger partial charge in [-0.05, 0) is 25.1 Å². The maximum Gasteiger partial charge on any atom is 0.296 e. The number of anilines is 1. The smallest absolute Gasteiger partial charge is 0.296 e. The van der Waals surface area contributed by atoms with Gasteiger partial charge in [0.1, 0.15) is 5.75 Å². The summed E-state index contributed by atoms with van der Waals surface area (Å²) in [5.41, 5.74) is 0.166. The Hall–Kier alpha value is -2.96. The van der Waals surface area contributed by atoms with E-state index in [0.717, 1.165) is 0 Å². The fourth-order valence-electron chi connectivity index (χ4n) is 1.71. The number of nitrogens with zero attached hydrogens (tertiary/aromatic N) is 2. The van der Waals surface area contributed by atoms with Gasteiger partial charge >= 0.3 is 0 Å². The molecule has 0 atom stereocenters. The summed E-state index contributed by atoms with van der Waals surface area (Å²) in [5.74, 6) is -0.936. The van der Waals surface area contributed by atoms with Crippen LogP contribution in [0.25, 0.3) is 0 Å². The standard InChI is InChI=1S/C13H11N3O4/c1-8-9(4-3-7-14-8)13(18)15-12-10(16(19)20)5-2-6-11(12)17/h2-7,17H,1H3,(H,15,18). The lowest BCUT2D eigenvalue weighted by atomic mass is 10.2. The normalized spacial score (nSPS) is 10.1. The fourth-order valence-corrected chi connectivity index (χ4v) is 1.71. The zero-order chi connectivity index (χ0) is 14.7. The van der Waals surface area contributed by atoms with Crippen LogP contribution in [0.2, 0.25) is 0 Å². The van der Waals surface area contributed by atoms with Crippen molar-refractivity contribution in [3.63, 3.8) is 0 Å². The SMILES string of the molecule is Cc1ncccc1C(=O)Nc1c(O)cccc1[N+](=O)[O-]. The van der Waals surface area contributed by atoms with E-state index >= 15 is 0 Å². The van der Waals surface area contributed by atoms with Crippen molar-refractivity contribution in [3.05, 3.63) is 57.9 Å². The highest BCUT2D eigenvalue weighted by molar-refractivity contribution is 6.06. The summed E-state index contributed by atoms with van der Waals surface area (Å²) in [6, 6.07) is 6.92. The number of nitrogens with one attached hydrogen (secondary N) is 1. The molecule has 2 rings (SSSR count). The molecule has 0 saturated carbocycles. The Bertz CT molecular complexity index is 685. The number of phenolic OH excluding ortho intramolecular Hbond substituents is 1. The summed E-state index contributed by atoms with van der Waals surface area (Å²) in [5, 5.41) is 22.9. The molecule has 7 nitrogen and oxygen atoms in total. The summed E-state index contributed by atoms with van der Waals surface area (Å²) < 4.78 is 0. The van der Waals surface area contributed by atoms with E-state index < -0.39 is 10.8 Å². The first-order chi connectivity index (χ1) is 9.50. The summed E-state index contributed by atoms with van der Waals surface area (Å²) in [4.78, 5) is 26.3. The van der Waals surface area contributed by atoms with Gasteiger partial charge in [0.15, 0.2) is 5.69 Å². The lowest BCUT2D eigenvalue weighted by Gasteiger charge is -2.08. The molecule has 20 heavy (non-hydrogen) atoms. The van der Waals surface area contributed by atoms with Crippen molar-refractivity contribution in [1.82, 2.24) is 4.98 Å². The largest absolute Gasteiger partial charge is 0.505 e. The quantitative estimate of drug-likeness (QED) is 0.507. The van der Waals surface area contributed by atoms with Crippen LogP contribution in [0.5, 0.6) is 5.75 Å². The number of benzene rings is 1. The zero-order valence-corrected chi connectivity index (χ0v) is 10.5. The lowest BCUT2D eigenvalue weighted by molar-refractivity contribution is -0.384. The van der Waals surface area contributed by atoms with Crippen LogP contribution in [0.3, 0.4) is 0 Å². The van der Waals surface area contributed by atoms with Crippen molar-refractivity contribution < 1.29 is 14.8 Å². The Morgan fingerprint density at radius 2 is 2.10 bits per heavy atom. The van der Waals surface area contributed by atoms with Crippen LogP contribution in [-0.2, 0) is 0 Å². The molecule has 0 radical (unpaired) electrons. The van der Waals surface area contributed by atoms with E-state index in [1.54, 1.807) is 19.1 Å². The van der Waals surface area contributed by atoms with E-state index in [1.807, 2.05) is 0 Å². The first-order valence-corrected chi connectivity index (χ1v) is 5.70. The van der Waals surface area contributed by atoms with E-state index in [4.69, 9.17) is 0 Å². The van der Waals surface area contributed by atoms with Gasteiger partial charge in [-0.2, -0.15) is 0 Å². The Labute approximate surface area is 114 Å². The molecule has 0 saturated heterocycles. The van der Waals surface area contributed by atoms with E-state index in [-0.39, 0.29) is 22.7 Å². The van der Waals surface area contributed by atoms with E-state index in [1.165, 1.54) is 24.4 Å². The molecule has 0 aliphatic carbocycles. The summed E-state index contributed by atoms with van der Waals surface area (Å²) in [6.45, 7) is 1.65. The van der Waals surface area contributed by atoms with Crippen molar-refractivity contribution >= 4 is 17.3 Å². The first kappa shape index (κ1) is 13.5. The highest BCUT2D eigenvalue weighted by Gasteiger charge is 2.20. The zero-order valence-electron chi connectivity index (χ0n) is 10.5. The van der Waals surface area contributed by atoms with Crippen molar-refractivity contribution in [2.24, 2.45) is 0 Å². The minimum atomic E-state index is -0.675. The highest BCUT2D eigenvalue weighted by atomic mass is 16.6. The molecule has 0 unspecified atom stereocenters. The van der Waals surface area contributed by atoms with Gasteiger partial charge in [0, 0.05) is 18.0 Å². The van der Waals surface area contributed by atoms with Crippen LogP contribution in [0.15, 0.2) is 36.5 Å². The molecular weight excluding hydrogens is 262 g/mol. The molecular formula is C13H11N3O4. The number of nitro groups is 1. The Morgan fingerprint density at radius 3 is 2.75 bits per heavy atom. The van der Waals surface area contributed by atoms with E-state index in [9.17, 15) is 20.0 Å². The highest BCUT2D eigenvalue weighted by Crippen LogP contribution is 2.33. The molecule has 1 heterocycles. The average Bonchev–Trinajstić information content (AvgIpc) is 2.41. The maximum atomic E-state index is 12.1. The van der Waals surface area contributed by atoms with Crippen molar-refractivity contribution in [2.45, 2.75) is 6.92 Å². The van der Waals surface area contributed by atoms with Crippen LogP contribution < -0.4 is 5.32 Å². The van der Waals surface area contributed by atoms with Gasteiger partial charge in [0.05, 0.1) is 10.5 Å². The number of aromatic nitrogens is 1. The summed E-state index contributed by atoms with van der Waals surface area (Å²) in [7, 11) is 0. The molecule has 1 aromatic carbocycles. The molecule has 1 amide bonds. The van der Waals surface area contributed by atoms with Gasteiger partial charge in [-0.1, -0.05) is 6.07 Å². The number of amides is 1. The van der Waals surface area contributed by atoms with Crippen LogP contribution in [0, 0.1) is 17.0 Å². The van der Waals surface area contributed by atoms with Crippen LogP contribution >= 0.6 is 0 Å². The number of nitro benzene ring substituents is 1. The van der Waals surface area contributed by atoms with Crippen LogP contribution in [0.1, 0.15) is 16.1 Å². The third kappa shape index (κ3) is 2.56. The maximum absolute atomic E-state index is 12.1. The Morgan fingerprint density at radius 1 is 1.35 bits per heavy atom. The topological polar surface area (TPSA) is 105 Å². The molecule has 7 heteroatoms. The number of pyridine rings is 1. The third-order valence-corrected chi connectivity index (χ3v) is 2.71. The predicted octanol–water partition coefficient (Wildman–Crippen LogP) is 2.26. The van der Waals surface area contributed by atoms with Gasteiger partial charge in [0.2, 0.25) is 0 Å². The lowest BCUT2D eigenvalue weighted by Crippen LogP contribution is -2.15. The van der Waals surface area contributed by atoms with E-state index in [0.29, 0.717) is 5.69 Å². The van der Waals surface area contributed by atoms with Crippen LogP contribution in [-0.4, -0.2) is 20.9 Å². The predicted molar refractivity (Wildman–Crippen MR) is 71.7 cm³/mol. The minimum Gasteiger partial charge on any atom is -0.505 e. The second-order valence-corrected chi connectivity index (χ2v) is 4.02. The molecule has 2 N–H and O–H groups in total. The minimum absolute atomic E-state index is 0.231. The van der Waals surface area contributed by atoms with Crippen molar-refractivity contribution in [1.29, 1.82) is 0 Å². The Kier molecular flexibility index (Phi) is 3.60. The number of aromatic hydroxyl groups is 1. The van der Waals surface area contributed by atoms with Crippen LogP contribution in [0.4, 0.5) is 11.4 Å². The number of carbonyl (C=O) groups excluding carboxylic acids is 1. The number of aryl methyl sites for hydroxylation is 1. The fraction of sp³-hybridized carbons (Fsp3) is 0.0769. The molecule has 0 spiro atoms. The van der Waals surface area contributed by atoms with E-state index in [2.05, 4.69) is 10.3 Å². The second-order valence-electron chi connectivity index (χ2n) is 4.02.